The maximum atomic E-state index is 13.0. The minimum Gasteiger partial charge on any atom is -0.490 e. The van der Waals surface area contributed by atoms with Crippen LogP contribution >= 0.6 is 0 Å². The Morgan fingerprint density at radius 3 is 2.62 bits per heavy atom. The number of rotatable bonds is 6. The fraction of sp³-hybridized carbons (Fsp3) is 0.333. The Labute approximate surface area is 172 Å². The summed E-state index contributed by atoms with van der Waals surface area (Å²) in [4.78, 5) is 27.3. The number of fused-ring (bicyclic) bond motifs is 1. The third-order valence-electron chi connectivity index (χ3n) is 4.99. The number of benzene rings is 2. The minimum atomic E-state index is -0.647. The van der Waals surface area contributed by atoms with Gasteiger partial charge >= 0.3 is 0 Å². The van der Waals surface area contributed by atoms with Crippen molar-refractivity contribution >= 4 is 23.2 Å². The van der Waals surface area contributed by atoms with Gasteiger partial charge in [-0.05, 0) is 56.2 Å². The fourth-order valence-corrected chi connectivity index (χ4v) is 3.35. The van der Waals surface area contributed by atoms with Crippen molar-refractivity contribution < 1.29 is 14.3 Å². The van der Waals surface area contributed by atoms with Crippen LogP contribution in [0.4, 0.5) is 11.4 Å². The van der Waals surface area contributed by atoms with E-state index in [1.807, 2.05) is 38.1 Å². The molecule has 2 aromatic rings. The van der Waals surface area contributed by atoms with Crippen LogP contribution in [0.3, 0.4) is 0 Å². The lowest BCUT2D eigenvalue weighted by molar-refractivity contribution is -0.127. The smallest absolute Gasteiger partial charge is 0.255 e. The summed E-state index contributed by atoms with van der Waals surface area (Å²) in [7, 11) is 0. The van der Waals surface area contributed by atoms with E-state index in [2.05, 4.69) is 18.8 Å². The molecule has 0 spiro atoms. The lowest BCUT2D eigenvalue weighted by Crippen LogP contribution is -2.42. The molecule has 0 fully saturated rings. The molecule has 0 radical (unpaired) electrons. The van der Waals surface area contributed by atoms with Crippen LogP contribution in [0, 0.1) is 5.41 Å². The highest BCUT2D eigenvalue weighted by Gasteiger charge is 2.37. The zero-order valence-electron chi connectivity index (χ0n) is 17.3. The highest BCUT2D eigenvalue weighted by Crippen LogP contribution is 2.38. The summed E-state index contributed by atoms with van der Waals surface area (Å²) in [6, 6.07) is 13.0. The van der Waals surface area contributed by atoms with Gasteiger partial charge in [0.1, 0.15) is 12.4 Å². The Morgan fingerprint density at radius 2 is 1.97 bits per heavy atom. The number of hydrogen-bond acceptors (Lipinski definition) is 3. The van der Waals surface area contributed by atoms with E-state index in [0.29, 0.717) is 35.8 Å². The Balaban J connectivity index is 1.85. The molecule has 0 atom stereocenters. The molecule has 0 unspecified atom stereocenters. The van der Waals surface area contributed by atoms with Crippen molar-refractivity contribution in [1.82, 2.24) is 0 Å². The first-order valence-electron chi connectivity index (χ1n) is 9.95. The second kappa shape index (κ2) is 8.52. The Morgan fingerprint density at radius 1 is 1.24 bits per heavy atom. The van der Waals surface area contributed by atoms with Crippen LogP contribution in [0.2, 0.25) is 0 Å². The van der Waals surface area contributed by atoms with Crippen molar-refractivity contribution in [2.75, 3.05) is 23.4 Å². The molecule has 152 valence electrons. The van der Waals surface area contributed by atoms with Gasteiger partial charge in [-0.3, -0.25) is 9.59 Å². The molecule has 1 N–H and O–H groups in total. The number of ether oxygens (including phenoxy) is 1. The third-order valence-corrected chi connectivity index (χ3v) is 4.99. The molecule has 1 aliphatic rings. The molecule has 1 aliphatic heterocycles. The van der Waals surface area contributed by atoms with E-state index in [0.717, 1.165) is 12.8 Å². The number of carbonyl (C=O) groups excluding carboxylic acids is 2. The first-order chi connectivity index (χ1) is 13.9. The first-order valence-corrected chi connectivity index (χ1v) is 9.95. The van der Waals surface area contributed by atoms with Crippen molar-refractivity contribution in [2.24, 2.45) is 5.41 Å². The van der Waals surface area contributed by atoms with Crippen molar-refractivity contribution in [1.29, 1.82) is 0 Å². The molecular weight excluding hydrogens is 364 g/mol. The van der Waals surface area contributed by atoms with Crippen LogP contribution in [0.25, 0.3) is 0 Å². The minimum absolute atomic E-state index is 0.0360. The van der Waals surface area contributed by atoms with Crippen molar-refractivity contribution in [3.63, 3.8) is 0 Å². The molecule has 29 heavy (non-hydrogen) atoms. The first kappa shape index (κ1) is 20.6. The number of amides is 2. The van der Waals surface area contributed by atoms with E-state index < -0.39 is 5.41 Å². The number of anilines is 2. The topological polar surface area (TPSA) is 58.6 Å². The van der Waals surface area contributed by atoms with E-state index in [1.165, 1.54) is 5.56 Å². The van der Waals surface area contributed by atoms with Crippen molar-refractivity contribution in [2.45, 2.75) is 33.6 Å². The summed E-state index contributed by atoms with van der Waals surface area (Å²) >= 11 is 0. The predicted molar refractivity (Wildman–Crippen MR) is 117 cm³/mol. The van der Waals surface area contributed by atoms with E-state index in [4.69, 9.17) is 4.74 Å². The number of nitrogens with one attached hydrogen (secondary N) is 1. The maximum absolute atomic E-state index is 13.0. The van der Waals surface area contributed by atoms with Gasteiger partial charge in [0.05, 0.1) is 11.1 Å². The van der Waals surface area contributed by atoms with Crippen LogP contribution in [-0.4, -0.2) is 25.0 Å². The zero-order chi connectivity index (χ0) is 21.0. The van der Waals surface area contributed by atoms with Gasteiger partial charge in [0.25, 0.3) is 5.91 Å². The molecule has 2 aromatic carbocycles. The number of nitrogens with zero attached hydrogens (tertiary/aromatic N) is 1. The lowest BCUT2D eigenvalue weighted by atomic mass is 9.93. The molecular formula is C24H28N2O3. The second-order valence-corrected chi connectivity index (χ2v) is 7.96. The maximum Gasteiger partial charge on any atom is 0.255 e. The summed E-state index contributed by atoms with van der Waals surface area (Å²) in [6.07, 6.45) is 3.75. The fourth-order valence-electron chi connectivity index (χ4n) is 3.35. The number of carbonyl (C=O) groups is 2. The van der Waals surface area contributed by atoms with Gasteiger partial charge in [0.2, 0.25) is 5.91 Å². The standard InChI is InChI=1S/C24H28N2O3/c1-5-7-17-8-10-18(11-9-17)22(27)25-19-12-13-21-20(15-19)26(14-6-2)23(28)24(3,4)16-29-21/h6,8-13,15H,2,5,7,14,16H2,1,3-4H3,(H,25,27). The molecule has 0 saturated carbocycles. The molecule has 0 bridgehead atoms. The highest BCUT2D eigenvalue weighted by atomic mass is 16.5. The summed E-state index contributed by atoms with van der Waals surface area (Å²) < 4.78 is 5.88. The van der Waals surface area contributed by atoms with Gasteiger partial charge in [-0.25, -0.2) is 0 Å². The molecule has 3 rings (SSSR count). The van der Waals surface area contributed by atoms with Crippen molar-refractivity contribution in [3.8, 4) is 5.75 Å². The van der Waals surface area contributed by atoms with Gasteiger partial charge < -0.3 is 15.0 Å². The second-order valence-electron chi connectivity index (χ2n) is 7.96. The molecule has 5 nitrogen and oxygen atoms in total. The molecule has 0 aliphatic carbocycles. The van der Waals surface area contributed by atoms with Crippen LogP contribution in [0.5, 0.6) is 5.75 Å². The monoisotopic (exact) mass is 392 g/mol. The lowest BCUT2D eigenvalue weighted by Gasteiger charge is -2.27. The Hall–Kier alpha value is -3.08. The molecule has 2 amide bonds. The average molecular weight is 392 g/mol. The van der Waals surface area contributed by atoms with Crippen LogP contribution in [-0.2, 0) is 11.2 Å². The van der Waals surface area contributed by atoms with Crippen LogP contribution in [0.15, 0.2) is 55.1 Å². The number of aryl methyl sites for hydroxylation is 1. The molecule has 0 aromatic heterocycles. The van der Waals surface area contributed by atoms with Crippen LogP contribution in [0.1, 0.15) is 43.1 Å². The predicted octanol–water partition coefficient (Wildman–Crippen LogP) is 4.83. The van der Waals surface area contributed by atoms with Crippen LogP contribution < -0.4 is 15.0 Å². The van der Waals surface area contributed by atoms with Crippen molar-refractivity contribution in [3.05, 3.63) is 66.2 Å². The SMILES string of the molecule is C=CCN1C(=O)C(C)(C)COc2ccc(NC(=O)c3ccc(CCC)cc3)cc21. The summed E-state index contributed by atoms with van der Waals surface area (Å²) in [5.74, 6) is 0.392. The average Bonchev–Trinajstić information content (AvgIpc) is 2.79. The Kier molecular flexibility index (Phi) is 6.06. The van der Waals surface area contributed by atoms with Gasteiger partial charge in [0.15, 0.2) is 0 Å². The largest absolute Gasteiger partial charge is 0.490 e. The van der Waals surface area contributed by atoms with Gasteiger partial charge in [-0.1, -0.05) is 31.6 Å². The Bertz CT molecular complexity index is 916. The quantitative estimate of drug-likeness (QED) is 0.717. The van der Waals surface area contributed by atoms with E-state index in [-0.39, 0.29) is 11.8 Å². The normalized spacial score (nSPS) is 15.1. The molecule has 1 heterocycles. The van der Waals surface area contributed by atoms with E-state index in [1.54, 1.807) is 29.2 Å². The van der Waals surface area contributed by atoms with Gasteiger partial charge in [0, 0.05) is 17.8 Å². The molecule has 5 heteroatoms. The highest BCUT2D eigenvalue weighted by molar-refractivity contribution is 6.05. The number of hydrogen-bond donors (Lipinski definition) is 1. The summed E-state index contributed by atoms with van der Waals surface area (Å²) in [5, 5.41) is 2.92. The van der Waals surface area contributed by atoms with Gasteiger partial charge in [-0.15, -0.1) is 6.58 Å². The summed E-state index contributed by atoms with van der Waals surface area (Å²) in [6.45, 7) is 10.3. The van der Waals surface area contributed by atoms with Gasteiger partial charge in [-0.2, -0.15) is 0 Å². The summed E-state index contributed by atoms with van der Waals surface area (Å²) in [5.41, 5.74) is 2.41. The zero-order valence-corrected chi connectivity index (χ0v) is 17.3. The third kappa shape index (κ3) is 4.50. The van der Waals surface area contributed by atoms with E-state index >= 15 is 0 Å². The molecule has 0 saturated heterocycles. The van der Waals surface area contributed by atoms with E-state index in [9.17, 15) is 9.59 Å².